The predicted molar refractivity (Wildman–Crippen MR) is 65.0 cm³/mol. The second kappa shape index (κ2) is 4.17. The molecule has 2 atom stereocenters. The van der Waals surface area contributed by atoms with Crippen molar-refractivity contribution in [2.45, 2.75) is 38.6 Å². The standard InChI is InChI=1S/C14H20FN/c1-10(2)16-9-14(8-11(14)3)12-4-6-13(15)7-5-12/h4-7,10-11,16H,8-9H2,1-3H3. The average Bonchev–Trinajstić information content (AvgIpc) is 2.89. The molecule has 88 valence electrons. The Balaban J connectivity index is 2.13. The molecular formula is C14H20FN. The van der Waals surface area contributed by atoms with Gasteiger partial charge in [0.25, 0.3) is 0 Å². The van der Waals surface area contributed by atoms with Crippen molar-refractivity contribution in [3.05, 3.63) is 35.6 Å². The lowest BCUT2D eigenvalue weighted by Gasteiger charge is -2.20. The van der Waals surface area contributed by atoms with Gasteiger partial charge in [-0.05, 0) is 30.0 Å². The molecule has 1 aromatic rings. The van der Waals surface area contributed by atoms with E-state index in [-0.39, 0.29) is 11.2 Å². The van der Waals surface area contributed by atoms with Crippen molar-refractivity contribution in [2.75, 3.05) is 6.54 Å². The molecule has 1 aliphatic rings. The monoisotopic (exact) mass is 221 g/mol. The number of nitrogens with one attached hydrogen (secondary N) is 1. The zero-order valence-corrected chi connectivity index (χ0v) is 10.3. The van der Waals surface area contributed by atoms with Gasteiger partial charge in [0.05, 0.1) is 0 Å². The first-order chi connectivity index (χ1) is 7.54. The summed E-state index contributed by atoms with van der Waals surface area (Å²) < 4.78 is 12.9. The first kappa shape index (κ1) is 11.6. The molecule has 1 aromatic carbocycles. The van der Waals surface area contributed by atoms with Gasteiger partial charge in [-0.2, -0.15) is 0 Å². The predicted octanol–water partition coefficient (Wildman–Crippen LogP) is 3.10. The maximum Gasteiger partial charge on any atom is 0.123 e. The van der Waals surface area contributed by atoms with E-state index in [9.17, 15) is 4.39 Å². The highest BCUT2D eigenvalue weighted by atomic mass is 19.1. The molecule has 1 saturated carbocycles. The minimum Gasteiger partial charge on any atom is -0.314 e. The Kier molecular flexibility index (Phi) is 3.02. The van der Waals surface area contributed by atoms with Gasteiger partial charge in [-0.15, -0.1) is 0 Å². The second-order valence-corrected chi connectivity index (χ2v) is 5.30. The van der Waals surface area contributed by atoms with Gasteiger partial charge in [-0.25, -0.2) is 4.39 Å². The Morgan fingerprint density at radius 1 is 1.38 bits per heavy atom. The van der Waals surface area contributed by atoms with Crippen LogP contribution in [0.1, 0.15) is 32.8 Å². The van der Waals surface area contributed by atoms with Gasteiger partial charge in [0.1, 0.15) is 5.82 Å². The number of hydrogen-bond acceptors (Lipinski definition) is 1. The maximum absolute atomic E-state index is 12.9. The molecule has 0 amide bonds. The van der Waals surface area contributed by atoms with Crippen LogP contribution in [-0.4, -0.2) is 12.6 Å². The molecule has 0 aromatic heterocycles. The van der Waals surface area contributed by atoms with Crippen molar-refractivity contribution in [1.29, 1.82) is 0 Å². The summed E-state index contributed by atoms with van der Waals surface area (Å²) in [6.45, 7) is 7.58. The van der Waals surface area contributed by atoms with E-state index >= 15 is 0 Å². The molecule has 0 saturated heterocycles. The van der Waals surface area contributed by atoms with Gasteiger partial charge in [0.15, 0.2) is 0 Å². The van der Waals surface area contributed by atoms with E-state index in [0.29, 0.717) is 12.0 Å². The van der Waals surface area contributed by atoms with Gasteiger partial charge in [-0.3, -0.25) is 0 Å². The van der Waals surface area contributed by atoms with E-state index in [1.807, 2.05) is 12.1 Å². The Morgan fingerprint density at radius 3 is 2.38 bits per heavy atom. The molecule has 1 fully saturated rings. The summed E-state index contributed by atoms with van der Waals surface area (Å²) in [5.74, 6) is 0.549. The molecule has 2 heteroatoms. The van der Waals surface area contributed by atoms with Crippen molar-refractivity contribution < 1.29 is 4.39 Å². The lowest BCUT2D eigenvalue weighted by molar-refractivity contribution is 0.498. The van der Waals surface area contributed by atoms with E-state index in [2.05, 4.69) is 26.1 Å². The van der Waals surface area contributed by atoms with E-state index in [0.717, 1.165) is 6.54 Å². The van der Waals surface area contributed by atoms with Crippen LogP contribution in [0.25, 0.3) is 0 Å². The quantitative estimate of drug-likeness (QED) is 0.823. The molecule has 0 heterocycles. The SMILES string of the molecule is CC(C)NCC1(c2ccc(F)cc2)CC1C. The third-order valence-electron chi connectivity index (χ3n) is 3.70. The maximum atomic E-state index is 12.9. The molecule has 0 radical (unpaired) electrons. The summed E-state index contributed by atoms with van der Waals surface area (Å²) in [4.78, 5) is 0. The summed E-state index contributed by atoms with van der Waals surface area (Å²) in [6, 6.07) is 7.50. The fourth-order valence-electron chi connectivity index (χ4n) is 2.41. The number of rotatable bonds is 4. The largest absolute Gasteiger partial charge is 0.314 e. The number of benzene rings is 1. The molecule has 1 nitrogen and oxygen atoms in total. The van der Waals surface area contributed by atoms with Gasteiger partial charge in [0.2, 0.25) is 0 Å². The molecule has 0 bridgehead atoms. The van der Waals surface area contributed by atoms with Gasteiger partial charge < -0.3 is 5.32 Å². The minimum atomic E-state index is -0.149. The van der Waals surface area contributed by atoms with Gasteiger partial charge in [0, 0.05) is 18.0 Å². The van der Waals surface area contributed by atoms with E-state index in [4.69, 9.17) is 0 Å². The number of halogens is 1. The first-order valence-electron chi connectivity index (χ1n) is 6.04. The first-order valence-corrected chi connectivity index (χ1v) is 6.04. The van der Waals surface area contributed by atoms with Crippen LogP contribution in [0, 0.1) is 11.7 Å². The molecule has 1 N–H and O–H groups in total. The van der Waals surface area contributed by atoms with Crippen molar-refractivity contribution in [1.82, 2.24) is 5.32 Å². The fourth-order valence-corrected chi connectivity index (χ4v) is 2.41. The van der Waals surface area contributed by atoms with Crippen LogP contribution in [0.4, 0.5) is 4.39 Å². The summed E-state index contributed by atoms with van der Waals surface area (Å²) in [6.07, 6.45) is 1.21. The van der Waals surface area contributed by atoms with Crippen LogP contribution in [0.5, 0.6) is 0 Å². The Morgan fingerprint density at radius 2 is 1.94 bits per heavy atom. The van der Waals surface area contributed by atoms with Gasteiger partial charge >= 0.3 is 0 Å². The summed E-state index contributed by atoms with van der Waals surface area (Å²) in [5, 5.41) is 3.50. The normalized spacial score (nSPS) is 28.4. The topological polar surface area (TPSA) is 12.0 Å². The Hall–Kier alpha value is -0.890. The van der Waals surface area contributed by atoms with Crippen LogP contribution >= 0.6 is 0 Å². The van der Waals surface area contributed by atoms with Crippen LogP contribution in [0.2, 0.25) is 0 Å². The minimum absolute atomic E-state index is 0.149. The average molecular weight is 221 g/mol. The van der Waals surface area contributed by atoms with Crippen molar-refractivity contribution in [2.24, 2.45) is 5.92 Å². The van der Waals surface area contributed by atoms with E-state index in [1.165, 1.54) is 12.0 Å². The van der Waals surface area contributed by atoms with Crippen molar-refractivity contribution in [3.63, 3.8) is 0 Å². The van der Waals surface area contributed by atoms with Crippen LogP contribution in [0.3, 0.4) is 0 Å². The molecule has 0 aliphatic heterocycles. The molecule has 2 unspecified atom stereocenters. The van der Waals surface area contributed by atoms with Gasteiger partial charge in [-0.1, -0.05) is 32.9 Å². The molecule has 0 spiro atoms. The molecule has 1 aliphatic carbocycles. The van der Waals surface area contributed by atoms with Crippen molar-refractivity contribution in [3.8, 4) is 0 Å². The van der Waals surface area contributed by atoms with E-state index in [1.54, 1.807) is 12.1 Å². The smallest absolute Gasteiger partial charge is 0.123 e. The van der Waals surface area contributed by atoms with E-state index < -0.39 is 0 Å². The molecular weight excluding hydrogens is 201 g/mol. The number of hydrogen-bond donors (Lipinski definition) is 1. The second-order valence-electron chi connectivity index (χ2n) is 5.30. The third-order valence-corrected chi connectivity index (χ3v) is 3.70. The Labute approximate surface area is 97.1 Å². The fraction of sp³-hybridized carbons (Fsp3) is 0.571. The third kappa shape index (κ3) is 2.12. The summed E-state index contributed by atoms with van der Waals surface area (Å²) in [7, 11) is 0. The lowest BCUT2D eigenvalue weighted by Crippen LogP contribution is -2.33. The highest BCUT2D eigenvalue weighted by Gasteiger charge is 2.51. The highest BCUT2D eigenvalue weighted by Crippen LogP contribution is 2.53. The molecule has 2 rings (SSSR count). The van der Waals surface area contributed by atoms with Crippen molar-refractivity contribution >= 4 is 0 Å². The van der Waals surface area contributed by atoms with Crippen LogP contribution < -0.4 is 5.32 Å². The summed E-state index contributed by atoms with van der Waals surface area (Å²) in [5.41, 5.74) is 1.52. The van der Waals surface area contributed by atoms with Crippen LogP contribution in [0.15, 0.2) is 24.3 Å². The van der Waals surface area contributed by atoms with Crippen LogP contribution in [-0.2, 0) is 5.41 Å². The lowest BCUT2D eigenvalue weighted by atomic mass is 9.93. The zero-order chi connectivity index (χ0) is 11.8. The molecule has 16 heavy (non-hydrogen) atoms. The Bertz CT molecular complexity index is 358. The zero-order valence-electron chi connectivity index (χ0n) is 10.3. The highest BCUT2D eigenvalue weighted by molar-refractivity contribution is 5.34. The summed E-state index contributed by atoms with van der Waals surface area (Å²) >= 11 is 0.